The van der Waals surface area contributed by atoms with E-state index in [9.17, 15) is 4.79 Å². The van der Waals surface area contributed by atoms with E-state index in [1.807, 2.05) is 4.90 Å². The zero-order chi connectivity index (χ0) is 14.3. The summed E-state index contributed by atoms with van der Waals surface area (Å²) in [4.78, 5) is 15.0. The van der Waals surface area contributed by atoms with Gasteiger partial charge in [-0.15, -0.1) is 0 Å². The summed E-state index contributed by atoms with van der Waals surface area (Å²) in [5.41, 5.74) is 5.14. The largest absolute Gasteiger partial charge is 0.409 e. The Morgan fingerprint density at radius 3 is 2.10 bits per heavy atom. The lowest BCUT2D eigenvalue weighted by Gasteiger charge is -2.46. The molecule has 3 fully saturated rings. The maximum Gasteiger partial charge on any atom is 0.236 e. The van der Waals surface area contributed by atoms with Gasteiger partial charge in [-0.1, -0.05) is 12.1 Å². The van der Waals surface area contributed by atoms with Crippen LogP contribution >= 0.6 is 0 Å². The van der Waals surface area contributed by atoms with Gasteiger partial charge in [-0.25, -0.2) is 0 Å². The lowest BCUT2D eigenvalue weighted by atomic mass is 9.61. The van der Waals surface area contributed by atoms with Crippen molar-refractivity contribution in [1.29, 1.82) is 0 Å². The van der Waals surface area contributed by atoms with Crippen molar-refractivity contribution in [2.24, 2.45) is 34.1 Å². The molecule has 0 aromatic heterocycles. The van der Waals surface area contributed by atoms with Crippen molar-refractivity contribution >= 4 is 11.7 Å². The second-order valence-electron chi connectivity index (χ2n) is 7.18. The Hall–Kier alpha value is -1.26. The zero-order valence-electron chi connectivity index (χ0n) is 12.2. The third-order valence-corrected chi connectivity index (χ3v) is 5.04. The molecule has 0 aromatic rings. The number of carbonyl (C=O) groups excluding carboxylic acids is 1. The normalized spacial score (nSPS) is 33.6. The van der Waals surface area contributed by atoms with Crippen LogP contribution in [-0.4, -0.2) is 34.9 Å². The smallest absolute Gasteiger partial charge is 0.236 e. The third kappa shape index (κ3) is 2.50. The first-order valence-corrected chi connectivity index (χ1v) is 7.82. The number of nitrogens with two attached hydrogens (primary N) is 1. The van der Waals surface area contributed by atoms with E-state index in [-0.39, 0.29) is 11.7 Å². The minimum Gasteiger partial charge on any atom is -0.409 e. The second kappa shape index (κ2) is 4.93. The molecule has 1 amide bonds. The lowest BCUT2D eigenvalue weighted by Crippen LogP contribution is -2.58. The Labute approximate surface area is 120 Å². The summed E-state index contributed by atoms with van der Waals surface area (Å²) in [6.07, 6.45) is 6.38. The highest BCUT2D eigenvalue weighted by Crippen LogP contribution is 2.48. The van der Waals surface area contributed by atoms with Crippen molar-refractivity contribution in [3.8, 4) is 0 Å². The fraction of sp³-hybridized carbons (Fsp3) is 0.867. The van der Waals surface area contributed by atoms with Crippen LogP contribution in [0.2, 0.25) is 0 Å². The van der Waals surface area contributed by atoms with Crippen LogP contribution in [0.15, 0.2) is 5.16 Å². The van der Waals surface area contributed by atoms with Gasteiger partial charge in [0.25, 0.3) is 0 Å². The van der Waals surface area contributed by atoms with E-state index in [4.69, 9.17) is 10.9 Å². The van der Waals surface area contributed by atoms with Crippen LogP contribution in [0, 0.1) is 23.2 Å². The van der Waals surface area contributed by atoms with Gasteiger partial charge in [0.15, 0.2) is 5.84 Å². The molecule has 0 atom stereocenters. The number of oxime groups is 1. The summed E-state index contributed by atoms with van der Waals surface area (Å²) >= 11 is 0. The van der Waals surface area contributed by atoms with Gasteiger partial charge in [-0.05, 0) is 56.3 Å². The minimum absolute atomic E-state index is 0.102. The van der Waals surface area contributed by atoms with Gasteiger partial charge in [0.2, 0.25) is 5.91 Å². The summed E-state index contributed by atoms with van der Waals surface area (Å²) in [6.45, 7) is 3.84. The molecule has 0 radical (unpaired) electrons. The fourth-order valence-electron chi connectivity index (χ4n) is 3.49. The highest BCUT2D eigenvalue weighted by molar-refractivity contribution is 6.07. The molecule has 3 saturated carbocycles. The van der Waals surface area contributed by atoms with Gasteiger partial charge in [0.05, 0.1) is 0 Å². The average Bonchev–Trinajstić information content (AvgIpc) is 3.27. The summed E-state index contributed by atoms with van der Waals surface area (Å²) in [7, 11) is 0. The molecule has 3 aliphatic rings. The molecule has 20 heavy (non-hydrogen) atoms. The molecule has 5 nitrogen and oxygen atoms in total. The molecule has 0 unspecified atom stereocenters. The maximum absolute atomic E-state index is 13.0. The van der Waals surface area contributed by atoms with E-state index in [1.54, 1.807) is 0 Å². The number of hydrogen-bond donors (Lipinski definition) is 2. The van der Waals surface area contributed by atoms with Crippen LogP contribution in [0.5, 0.6) is 0 Å². The summed E-state index contributed by atoms with van der Waals surface area (Å²) in [6, 6.07) is 0. The molecule has 0 heterocycles. The average molecular weight is 279 g/mol. The molecule has 5 heteroatoms. The molecule has 3 rings (SSSR count). The van der Waals surface area contributed by atoms with Gasteiger partial charge < -0.3 is 15.8 Å². The molecule has 0 spiro atoms. The summed E-state index contributed by atoms with van der Waals surface area (Å²) < 4.78 is 0. The van der Waals surface area contributed by atoms with E-state index >= 15 is 0 Å². The van der Waals surface area contributed by atoms with E-state index in [2.05, 4.69) is 12.1 Å². The Morgan fingerprint density at radius 1 is 1.25 bits per heavy atom. The van der Waals surface area contributed by atoms with Crippen LogP contribution in [0.4, 0.5) is 0 Å². The first kappa shape index (κ1) is 13.7. The van der Waals surface area contributed by atoms with Gasteiger partial charge in [0.1, 0.15) is 5.41 Å². The quantitative estimate of drug-likeness (QED) is 0.337. The lowest BCUT2D eigenvalue weighted by molar-refractivity contribution is -0.145. The molecular weight excluding hydrogens is 254 g/mol. The molecule has 0 aromatic carbocycles. The fourth-order valence-corrected chi connectivity index (χ4v) is 3.49. The van der Waals surface area contributed by atoms with Gasteiger partial charge in [-0.3, -0.25) is 4.79 Å². The third-order valence-electron chi connectivity index (χ3n) is 5.04. The SMILES string of the molecule is CC1CC(C(=O)N(CC2CC2)CC2CC2)(C(N)=NO)C1. The summed E-state index contributed by atoms with van der Waals surface area (Å²) in [5.74, 6) is 2.05. The van der Waals surface area contributed by atoms with Crippen LogP contribution in [-0.2, 0) is 4.79 Å². The number of amides is 1. The van der Waals surface area contributed by atoms with E-state index in [1.165, 1.54) is 25.7 Å². The topological polar surface area (TPSA) is 78.9 Å². The molecule has 3 N–H and O–H groups in total. The van der Waals surface area contributed by atoms with E-state index < -0.39 is 5.41 Å². The monoisotopic (exact) mass is 279 g/mol. The minimum atomic E-state index is -0.724. The predicted octanol–water partition coefficient (Wildman–Crippen LogP) is 1.80. The van der Waals surface area contributed by atoms with Crippen molar-refractivity contribution < 1.29 is 10.0 Å². The van der Waals surface area contributed by atoms with Crippen molar-refractivity contribution in [1.82, 2.24) is 4.90 Å². The Morgan fingerprint density at radius 2 is 1.75 bits per heavy atom. The highest BCUT2D eigenvalue weighted by Gasteiger charge is 2.54. The standard InChI is InChI=1S/C15H25N3O2/c1-10-6-15(7-10,13(16)17-20)14(19)18(8-11-2-3-11)9-12-4-5-12/h10-12,20H,2-9H2,1H3,(H2,16,17). The molecular formula is C15H25N3O2. The zero-order valence-corrected chi connectivity index (χ0v) is 12.2. The number of rotatable bonds is 6. The van der Waals surface area contributed by atoms with Crippen LogP contribution in [0.3, 0.4) is 0 Å². The molecule has 0 aliphatic heterocycles. The Kier molecular flexibility index (Phi) is 3.38. The predicted molar refractivity (Wildman–Crippen MR) is 76.3 cm³/mol. The number of carbonyl (C=O) groups is 1. The molecule has 3 aliphatic carbocycles. The van der Waals surface area contributed by atoms with Gasteiger partial charge >= 0.3 is 0 Å². The molecule has 0 bridgehead atoms. The van der Waals surface area contributed by atoms with Gasteiger partial charge in [0, 0.05) is 13.1 Å². The summed E-state index contributed by atoms with van der Waals surface area (Å²) in [5, 5.41) is 12.2. The maximum atomic E-state index is 13.0. The van der Waals surface area contributed by atoms with Crippen molar-refractivity contribution in [2.75, 3.05) is 13.1 Å². The van der Waals surface area contributed by atoms with E-state index in [0.29, 0.717) is 30.6 Å². The molecule has 112 valence electrons. The van der Waals surface area contributed by atoms with Crippen LogP contribution in [0.1, 0.15) is 45.4 Å². The van der Waals surface area contributed by atoms with Crippen molar-refractivity contribution in [2.45, 2.75) is 45.4 Å². The second-order valence-corrected chi connectivity index (χ2v) is 7.18. The Bertz CT molecular complexity index is 407. The van der Waals surface area contributed by atoms with Crippen molar-refractivity contribution in [3.05, 3.63) is 0 Å². The first-order chi connectivity index (χ1) is 9.55. The van der Waals surface area contributed by atoms with Crippen LogP contribution in [0.25, 0.3) is 0 Å². The number of amidine groups is 1. The number of nitrogens with zero attached hydrogens (tertiary/aromatic N) is 2. The molecule has 0 saturated heterocycles. The van der Waals surface area contributed by atoms with Crippen LogP contribution < -0.4 is 5.73 Å². The van der Waals surface area contributed by atoms with E-state index in [0.717, 1.165) is 13.1 Å². The highest BCUT2D eigenvalue weighted by atomic mass is 16.4. The first-order valence-electron chi connectivity index (χ1n) is 7.82. The van der Waals surface area contributed by atoms with Gasteiger partial charge in [-0.2, -0.15) is 0 Å². The number of hydrogen-bond acceptors (Lipinski definition) is 3. The van der Waals surface area contributed by atoms with Crippen molar-refractivity contribution in [3.63, 3.8) is 0 Å². The Balaban J connectivity index is 1.74.